The Morgan fingerprint density at radius 2 is 2.00 bits per heavy atom. The van der Waals surface area contributed by atoms with Crippen LogP contribution in [-0.4, -0.2) is 43.5 Å². The maximum absolute atomic E-state index is 12.5. The van der Waals surface area contributed by atoms with Crippen LogP contribution in [-0.2, 0) is 21.0 Å². The molecule has 0 saturated carbocycles. The molecule has 1 aromatic carbocycles. The third-order valence-electron chi connectivity index (χ3n) is 3.29. The van der Waals surface area contributed by atoms with Crippen molar-refractivity contribution >= 4 is 32.2 Å². The number of carbonyl (C=O) groups is 1. The van der Waals surface area contributed by atoms with Crippen LogP contribution in [0.3, 0.4) is 0 Å². The second-order valence-corrected chi connectivity index (χ2v) is 8.36. The predicted molar refractivity (Wildman–Crippen MR) is 96.8 cm³/mol. The average molecular weight is 383 g/mol. The lowest BCUT2D eigenvalue weighted by Gasteiger charge is -2.09. The number of nitrogens with zero attached hydrogens (tertiary/aromatic N) is 2. The molecule has 1 heterocycles. The normalized spacial score (nSPS) is 11.4. The van der Waals surface area contributed by atoms with Gasteiger partial charge in [0.2, 0.25) is 5.13 Å². The van der Waals surface area contributed by atoms with Gasteiger partial charge in [0.25, 0.3) is 5.91 Å². The van der Waals surface area contributed by atoms with Crippen LogP contribution in [0.15, 0.2) is 29.2 Å². The Bertz CT molecular complexity index is 818. The fraction of sp³-hybridized carbons (Fsp3) is 0.438. The Morgan fingerprint density at radius 3 is 2.72 bits per heavy atom. The number of sulfone groups is 1. The summed E-state index contributed by atoms with van der Waals surface area (Å²) in [6, 6.07) is 6.19. The van der Waals surface area contributed by atoms with Gasteiger partial charge in [0.1, 0.15) is 5.01 Å². The molecule has 1 aromatic heterocycles. The zero-order valence-corrected chi connectivity index (χ0v) is 15.8. The number of aromatic nitrogens is 2. The molecule has 25 heavy (non-hydrogen) atoms. The minimum Gasteiger partial charge on any atom is -0.381 e. The van der Waals surface area contributed by atoms with E-state index in [0.717, 1.165) is 5.01 Å². The summed E-state index contributed by atoms with van der Waals surface area (Å²) in [6.45, 7) is 4.86. The molecule has 0 saturated heterocycles. The number of hydrogen-bond donors (Lipinski definition) is 1. The van der Waals surface area contributed by atoms with Crippen molar-refractivity contribution < 1.29 is 17.9 Å². The molecule has 136 valence electrons. The number of benzene rings is 1. The molecule has 1 amide bonds. The SMILES string of the molecule is CCCS(=O)(=O)c1ccccc1C(=O)Nc1nnc(CCOCC)s1. The van der Waals surface area contributed by atoms with Crippen molar-refractivity contribution in [3.8, 4) is 0 Å². The molecule has 0 aliphatic heterocycles. The van der Waals surface area contributed by atoms with Gasteiger partial charge in [-0.1, -0.05) is 30.4 Å². The van der Waals surface area contributed by atoms with Crippen LogP contribution in [0.5, 0.6) is 0 Å². The summed E-state index contributed by atoms with van der Waals surface area (Å²) in [7, 11) is -3.50. The van der Waals surface area contributed by atoms with Crippen molar-refractivity contribution in [1.29, 1.82) is 0 Å². The number of nitrogens with one attached hydrogen (secondary N) is 1. The van der Waals surface area contributed by atoms with Crippen LogP contribution in [0.2, 0.25) is 0 Å². The first-order valence-electron chi connectivity index (χ1n) is 8.01. The smallest absolute Gasteiger partial charge is 0.258 e. The molecule has 7 nitrogen and oxygen atoms in total. The second-order valence-electron chi connectivity index (χ2n) is 5.22. The number of hydrogen-bond acceptors (Lipinski definition) is 7. The molecule has 0 bridgehead atoms. The van der Waals surface area contributed by atoms with Gasteiger partial charge in [0, 0.05) is 13.0 Å². The van der Waals surface area contributed by atoms with E-state index >= 15 is 0 Å². The predicted octanol–water partition coefficient (Wildman–Crippen LogP) is 2.55. The quantitative estimate of drug-likeness (QED) is 0.668. The van der Waals surface area contributed by atoms with E-state index < -0.39 is 15.7 Å². The Morgan fingerprint density at radius 1 is 1.24 bits per heavy atom. The van der Waals surface area contributed by atoms with Gasteiger partial charge in [-0.05, 0) is 25.5 Å². The molecule has 2 aromatic rings. The summed E-state index contributed by atoms with van der Waals surface area (Å²) in [5.41, 5.74) is 0.113. The average Bonchev–Trinajstić information content (AvgIpc) is 3.02. The maximum atomic E-state index is 12.5. The van der Waals surface area contributed by atoms with Gasteiger partial charge in [0.15, 0.2) is 9.84 Å². The van der Waals surface area contributed by atoms with Crippen molar-refractivity contribution in [3.63, 3.8) is 0 Å². The molecule has 0 atom stereocenters. The van der Waals surface area contributed by atoms with Crippen molar-refractivity contribution in [3.05, 3.63) is 34.8 Å². The van der Waals surface area contributed by atoms with E-state index in [9.17, 15) is 13.2 Å². The van der Waals surface area contributed by atoms with E-state index in [1.165, 1.54) is 23.5 Å². The lowest BCUT2D eigenvalue weighted by Crippen LogP contribution is -2.17. The van der Waals surface area contributed by atoms with Gasteiger partial charge in [0.05, 0.1) is 22.8 Å². The number of ether oxygens (including phenoxy) is 1. The van der Waals surface area contributed by atoms with E-state index in [4.69, 9.17) is 4.74 Å². The first-order valence-corrected chi connectivity index (χ1v) is 10.5. The molecule has 2 rings (SSSR count). The third-order valence-corrected chi connectivity index (χ3v) is 6.16. The zero-order valence-electron chi connectivity index (χ0n) is 14.2. The summed E-state index contributed by atoms with van der Waals surface area (Å²) in [5, 5.41) is 11.6. The van der Waals surface area contributed by atoms with Crippen LogP contribution in [0, 0.1) is 0 Å². The maximum Gasteiger partial charge on any atom is 0.258 e. The fourth-order valence-corrected chi connectivity index (χ4v) is 4.43. The van der Waals surface area contributed by atoms with Crippen molar-refractivity contribution in [2.24, 2.45) is 0 Å². The summed E-state index contributed by atoms with van der Waals surface area (Å²) in [4.78, 5) is 12.5. The summed E-state index contributed by atoms with van der Waals surface area (Å²) >= 11 is 1.25. The van der Waals surface area contributed by atoms with Crippen molar-refractivity contribution in [1.82, 2.24) is 10.2 Å². The van der Waals surface area contributed by atoms with Crippen LogP contribution < -0.4 is 5.32 Å². The van der Waals surface area contributed by atoms with Crippen LogP contribution >= 0.6 is 11.3 Å². The Hall–Kier alpha value is -1.84. The Kier molecular flexibility index (Phi) is 7.03. The molecule has 9 heteroatoms. The first kappa shape index (κ1) is 19.5. The first-order chi connectivity index (χ1) is 12.0. The minimum atomic E-state index is -3.50. The number of amides is 1. The van der Waals surface area contributed by atoms with Gasteiger partial charge < -0.3 is 4.74 Å². The molecule has 0 radical (unpaired) electrons. The minimum absolute atomic E-state index is 0.00230. The summed E-state index contributed by atoms with van der Waals surface area (Å²) in [5.74, 6) is -0.514. The number of carbonyl (C=O) groups excluding carboxylic acids is 1. The van der Waals surface area contributed by atoms with Crippen LogP contribution in [0.25, 0.3) is 0 Å². The lowest BCUT2D eigenvalue weighted by molar-refractivity contribution is 0.102. The highest BCUT2D eigenvalue weighted by atomic mass is 32.2. The molecule has 1 N–H and O–H groups in total. The largest absolute Gasteiger partial charge is 0.381 e. The lowest BCUT2D eigenvalue weighted by atomic mass is 10.2. The topological polar surface area (TPSA) is 98.2 Å². The van der Waals surface area contributed by atoms with Gasteiger partial charge in [-0.25, -0.2) is 8.42 Å². The summed E-state index contributed by atoms with van der Waals surface area (Å²) in [6.07, 6.45) is 1.10. The second kappa shape index (κ2) is 9.02. The molecular formula is C16H21N3O4S2. The number of anilines is 1. The van der Waals surface area contributed by atoms with E-state index in [1.54, 1.807) is 19.1 Å². The molecule has 0 spiro atoms. The molecule has 0 fully saturated rings. The van der Waals surface area contributed by atoms with Gasteiger partial charge in [-0.15, -0.1) is 10.2 Å². The standard InChI is InChI=1S/C16H21N3O4S2/c1-3-11-25(21,22)13-8-6-5-7-12(13)15(20)17-16-19-18-14(24-16)9-10-23-4-2/h5-8H,3-4,9-11H2,1-2H3,(H,17,19,20). The highest BCUT2D eigenvalue weighted by Gasteiger charge is 2.22. The molecule has 0 aliphatic rings. The zero-order chi connectivity index (χ0) is 18.3. The monoisotopic (exact) mass is 383 g/mol. The van der Waals surface area contributed by atoms with E-state index in [1.807, 2.05) is 6.92 Å². The van der Waals surface area contributed by atoms with Gasteiger partial charge in [-0.2, -0.15) is 0 Å². The Labute approximate surface area is 151 Å². The van der Waals surface area contributed by atoms with Gasteiger partial charge >= 0.3 is 0 Å². The van der Waals surface area contributed by atoms with Crippen molar-refractivity contribution in [2.45, 2.75) is 31.6 Å². The van der Waals surface area contributed by atoms with Gasteiger partial charge in [-0.3, -0.25) is 10.1 Å². The van der Waals surface area contributed by atoms with E-state index in [-0.39, 0.29) is 16.2 Å². The fourth-order valence-electron chi connectivity index (χ4n) is 2.18. The molecule has 0 unspecified atom stereocenters. The number of rotatable bonds is 9. The van der Waals surface area contributed by atoms with E-state index in [0.29, 0.717) is 31.2 Å². The van der Waals surface area contributed by atoms with Crippen LogP contribution in [0.4, 0.5) is 5.13 Å². The van der Waals surface area contributed by atoms with Crippen molar-refractivity contribution in [2.75, 3.05) is 24.3 Å². The molecular weight excluding hydrogens is 362 g/mol. The Balaban J connectivity index is 2.14. The third kappa shape index (κ3) is 5.32. The summed E-state index contributed by atoms with van der Waals surface area (Å²) < 4.78 is 29.9. The molecule has 0 aliphatic carbocycles. The highest BCUT2D eigenvalue weighted by molar-refractivity contribution is 7.91. The van der Waals surface area contributed by atoms with E-state index in [2.05, 4.69) is 15.5 Å². The highest BCUT2D eigenvalue weighted by Crippen LogP contribution is 2.21. The van der Waals surface area contributed by atoms with Crippen LogP contribution in [0.1, 0.15) is 35.6 Å².